The molecule has 1 N–H and O–H groups in total. The maximum Gasteiger partial charge on any atom is 0.338 e. The zero-order chi connectivity index (χ0) is 16.7. The predicted octanol–water partition coefficient (Wildman–Crippen LogP) is 2.58. The molecule has 5 nitrogen and oxygen atoms in total. The third kappa shape index (κ3) is 4.92. The Hall–Kier alpha value is -2.69. The first-order valence-electron chi connectivity index (χ1n) is 7.50. The number of amides is 1. The number of carbonyl (C=O) groups is 2. The second-order valence-corrected chi connectivity index (χ2v) is 5.51. The lowest BCUT2D eigenvalue weighted by Crippen LogP contribution is -2.40. The Kier molecular flexibility index (Phi) is 5.86. The molecular weight excluding hydrogens is 292 g/mol. The van der Waals surface area contributed by atoms with E-state index in [0.29, 0.717) is 12.1 Å². The van der Waals surface area contributed by atoms with Crippen LogP contribution in [0.4, 0.5) is 0 Å². The standard InChI is InChI=1S/C18H20N2O3/c1-13(2)16(23-18(22)15-6-4-3-5-7-15)17(21)20-12-14-8-10-19-11-9-14/h3-11,13,16H,12H2,1-2H3,(H,20,21). The number of hydrogen-bond acceptors (Lipinski definition) is 4. The van der Waals surface area contributed by atoms with Gasteiger partial charge in [-0.3, -0.25) is 9.78 Å². The average Bonchev–Trinajstić information content (AvgIpc) is 2.58. The topological polar surface area (TPSA) is 68.3 Å². The minimum atomic E-state index is -0.829. The quantitative estimate of drug-likeness (QED) is 0.832. The lowest BCUT2D eigenvalue weighted by Gasteiger charge is -2.20. The van der Waals surface area contributed by atoms with Crippen molar-refractivity contribution in [2.45, 2.75) is 26.5 Å². The number of carbonyl (C=O) groups excluding carboxylic acids is 2. The summed E-state index contributed by atoms with van der Waals surface area (Å²) in [6, 6.07) is 12.3. The van der Waals surface area contributed by atoms with Gasteiger partial charge < -0.3 is 10.1 Å². The van der Waals surface area contributed by atoms with Crippen LogP contribution in [0, 0.1) is 5.92 Å². The Morgan fingerprint density at radius 1 is 1.09 bits per heavy atom. The largest absolute Gasteiger partial charge is 0.448 e. The monoisotopic (exact) mass is 312 g/mol. The first-order chi connectivity index (χ1) is 11.1. The third-order valence-electron chi connectivity index (χ3n) is 3.32. The molecule has 2 rings (SSSR count). The van der Waals surface area contributed by atoms with Gasteiger partial charge in [0.25, 0.3) is 5.91 Å². The molecule has 0 fully saturated rings. The highest BCUT2D eigenvalue weighted by atomic mass is 16.5. The van der Waals surface area contributed by atoms with Crippen LogP contribution in [-0.2, 0) is 16.1 Å². The molecule has 0 bridgehead atoms. The number of rotatable bonds is 6. The Bertz CT molecular complexity index is 642. The van der Waals surface area contributed by atoms with E-state index in [1.807, 2.05) is 32.0 Å². The first-order valence-corrected chi connectivity index (χ1v) is 7.50. The molecule has 1 unspecified atom stereocenters. The van der Waals surface area contributed by atoms with E-state index < -0.39 is 12.1 Å². The van der Waals surface area contributed by atoms with E-state index in [2.05, 4.69) is 10.3 Å². The number of esters is 1. The van der Waals surface area contributed by atoms with Crippen molar-refractivity contribution in [1.29, 1.82) is 0 Å². The summed E-state index contributed by atoms with van der Waals surface area (Å²) in [5.74, 6) is -0.926. The van der Waals surface area contributed by atoms with Crippen molar-refractivity contribution in [3.63, 3.8) is 0 Å². The molecule has 1 atom stereocenters. The normalized spacial score (nSPS) is 11.8. The van der Waals surface area contributed by atoms with Crippen LogP contribution in [0.1, 0.15) is 29.8 Å². The maximum atomic E-state index is 12.3. The Balaban J connectivity index is 1.97. The van der Waals surface area contributed by atoms with Crippen LogP contribution in [0.25, 0.3) is 0 Å². The van der Waals surface area contributed by atoms with Gasteiger partial charge in [-0.1, -0.05) is 32.0 Å². The second-order valence-electron chi connectivity index (χ2n) is 5.51. The molecule has 1 heterocycles. The Labute approximate surface area is 135 Å². The minimum Gasteiger partial charge on any atom is -0.448 e. The number of aromatic nitrogens is 1. The number of ether oxygens (including phenoxy) is 1. The van der Waals surface area contributed by atoms with E-state index >= 15 is 0 Å². The van der Waals surface area contributed by atoms with Crippen molar-refractivity contribution in [3.05, 3.63) is 66.0 Å². The van der Waals surface area contributed by atoms with Gasteiger partial charge >= 0.3 is 5.97 Å². The number of hydrogen-bond donors (Lipinski definition) is 1. The van der Waals surface area contributed by atoms with Crippen molar-refractivity contribution in [2.24, 2.45) is 5.92 Å². The summed E-state index contributed by atoms with van der Waals surface area (Å²) in [4.78, 5) is 28.4. The van der Waals surface area contributed by atoms with Crippen molar-refractivity contribution >= 4 is 11.9 Å². The van der Waals surface area contributed by atoms with Gasteiger partial charge in [-0.25, -0.2) is 4.79 Å². The molecule has 0 spiro atoms. The highest BCUT2D eigenvalue weighted by molar-refractivity contribution is 5.92. The van der Waals surface area contributed by atoms with Gasteiger partial charge in [-0.05, 0) is 35.7 Å². The van der Waals surface area contributed by atoms with Gasteiger partial charge in [0.05, 0.1) is 5.56 Å². The molecular formula is C18H20N2O3. The summed E-state index contributed by atoms with van der Waals surface area (Å²) in [6.07, 6.45) is 2.50. The number of benzene rings is 1. The van der Waals surface area contributed by atoms with Crippen LogP contribution in [0.15, 0.2) is 54.9 Å². The number of pyridine rings is 1. The molecule has 0 aliphatic heterocycles. The van der Waals surface area contributed by atoms with Crippen LogP contribution in [0.5, 0.6) is 0 Å². The van der Waals surface area contributed by atoms with Gasteiger partial charge in [0.1, 0.15) is 0 Å². The van der Waals surface area contributed by atoms with Gasteiger partial charge in [0.15, 0.2) is 6.10 Å². The maximum absolute atomic E-state index is 12.3. The lowest BCUT2D eigenvalue weighted by atomic mass is 10.1. The van der Waals surface area contributed by atoms with Gasteiger partial charge in [-0.15, -0.1) is 0 Å². The molecule has 23 heavy (non-hydrogen) atoms. The molecule has 0 aliphatic carbocycles. The molecule has 0 aliphatic rings. The summed E-state index contributed by atoms with van der Waals surface area (Å²) in [7, 11) is 0. The summed E-state index contributed by atoms with van der Waals surface area (Å²) in [6.45, 7) is 4.05. The van der Waals surface area contributed by atoms with Crippen LogP contribution < -0.4 is 5.32 Å². The molecule has 0 saturated carbocycles. The molecule has 1 aromatic heterocycles. The number of nitrogens with zero attached hydrogens (tertiary/aromatic N) is 1. The Morgan fingerprint density at radius 2 is 1.74 bits per heavy atom. The van der Waals surface area contributed by atoms with Crippen molar-refractivity contribution in [2.75, 3.05) is 0 Å². The fourth-order valence-corrected chi connectivity index (χ4v) is 2.04. The Morgan fingerprint density at radius 3 is 2.35 bits per heavy atom. The van der Waals surface area contributed by atoms with Crippen LogP contribution in [0.2, 0.25) is 0 Å². The molecule has 0 radical (unpaired) electrons. The van der Waals surface area contributed by atoms with E-state index in [1.165, 1.54) is 0 Å². The second kappa shape index (κ2) is 8.08. The molecule has 120 valence electrons. The lowest BCUT2D eigenvalue weighted by molar-refractivity contribution is -0.132. The minimum absolute atomic E-state index is 0.125. The molecule has 2 aromatic rings. The molecule has 1 aromatic carbocycles. The fourth-order valence-electron chi connectivity index (χ4n) is 2.04. The SMILES string of the molecule is CC(C)C(OC(=O)c1ccccc1)C(=O)NCc1ccncc1. The smallest absolute Gasteiger partial charge is 0.338 e. The zero-order valence-corrected chi connectivity index (χ0v) is 13.2. The molecule has 5 heteroatoms. The van der Waals surface area contributed by atoms with Gasteiger partial charge in [0, 0.05) is 18.9 Å². The average molecular weight is 312 g/mol. The summed E-state index contributed by atoms with van der Waals surface area (Å²) in [5.41, 5.74) is 1.37. The van der Waals surface area contributed by atoms with E-state index in [-0.39, 0.29) is 11.8 Å². The van der Waals surface area contributed by atoms with E-state index in [1.54, 1.807) is 36.7 Å². The van der Waals surface area contributed by atoms with Gasteiger partial charge in [-0.2, -0.15) is 0 Å². The van der Waals surface area contributed by atoms with Crippen molar-refractivity contribution in [1.82, 2.24) is 10.3 Å². The highest BCUT2D eigenvalue weighted by Crippen LogP contribution is 2.11. The molecule has 1 amide bonds. The van der Waals surface area contributed by atoms with E-state index in [9.17, 15) is 9.59 Å². The van der Waals surface area contributed by atoms with Crippen LogP contribution in [-0.4, -0.2) is 23.0 Å². The van der Waals surface area contributed by atoms with Crippen molar-refractivity contribution < 1.29 is 14.3 Å². The number of nitrogens with one attached hydrogen (secondary N) is 1. The first kappa shape index (κ1) is 16.7. The zero-order valence-electron chi connectivity index (χ0n) is 13.2. The molecule has 0 saturated heterocycles. The predicted molar refractivity (Wildman–Crippen MR) is 86.6 cm³/mol. The van der Waals surface area contributed by atoms with E-state index in [4.69, 9.17) is 4.74 Å². The van der Waals surface area contributed by atoms with Crippen molar-refractivity contribution in [3.8, 4) is 0 Å². The van der Waals surface area contributed by atoms with E-state index in [0.717, 1.165) is 5.56 Å². The summed E-state index contributed by atoms with van der Waals surface area (Å²) in [5, 5.41) is 2.79. The summed E-state index contributed by atoms with van der Waals surface area (Å²) < 4.78 is 5.38. The highest BCUT2D eigenvalue weighted by Gasteiger charge is 2.26. The summed E-state index contributed by atoms with van der Waals surface area (Å²) >= 11 is 0. The fraction of sp³-hybridized carbons (Fsp3) is 0.278. The van der Waals surface area contributed by atoms with Gasteiger partial charge in [0.2, 0.25) is 0 Å². The third-order valence-corrected chi connectivity index (χ3v) is 3.32. The van der Waals surface area contributed by atoms with Crippen LogP contribution in [0.3, 0.4) is 0 Å². The van der Waals surface area contributed by atoms with Crippen LogP contribution >= 0.6 is 0 Å².